The van der Waals surface area contributed by atoms with Gasteiger partial charge in [0, 0.05) is 13.7 Å². The van der Waals surface area contributed by atoms with Crippen LogP contribution in [0.4, 0.5) is 0 Å². The first-order chi connectivity index (χ1) is 4.18. The maximum Gasteiger partial charge on any atom is 0.147 e. The van der Waals surface area contributed by atoms with Crippen LogP contribution in [0.15, 0.2) is 0 Å². The van der Waals surface area contributed by atoms with Crippen molar-refractivity contribution in [1.82, 2.24) is 0 Å². The molecule has 0 aliphatic rings. The van der Waals surface area contributed by atoms with Crippen LogP contribution in [0.1, 0.15) is 13.3 Å². The number of alkyl halides is 1. The third kappa shape index (κ3) is 4.43. The number of ketones is 1. The summed E-state index contributed by atoms with van der Waals surface area (Å²) in [6, 6.07) is 0. The molecule has 0 bridgehead atoms. The highest BCUT2D eigenvalue weighted by atomic mass is 35.5. The molecule has 1 unspecified atom stereocenters. The van der Waals surface area contributed by atoms with Gasteiger partial charge >= 0.3 is 0 Å². The van der Waals surface area contributed by atoms with E-state index in [4.69, 9.17) is 16.3 Å². The average Bonchev–Trinajstić information content (AvgIpc) is 1.82. The Kier molecular flexibility index (Phi) is 4.72. The number of hydrogen-bond donors (Lipinski definition) is 0. The highest BCUT2D eigenvalue weighted by Gasteiger charge is 2.07. The predicted octanol–water partition coefficient (Wildman–Crippen LogP) is 1.22. The molecule has 2 nitrogen and oxygen atoms in total. The molecule has 0 amide bonds. The van der Waals surface area contributed by atoms with Crippen molar-refractivity contribution in [3.8, 4) is 0 Å². The molecule has 0 aliphatic carbocycles. The van der Waals surface area contributed by atoms with Crippen LogP contribution in [0.5, 0.6) is 0 Å². The molecule has 0 fully saturated rings. The first kappa shape index (κ1) is 8.92. The largest absolute Gasteiger partial charge is 0.385 e. The summed E-state index contributed by atoms with van der Waals surface area (Å²) in [7, 11) is 1.59. The lowest BCUT2D eigenvalue weighted by Crippen LogP contribution is -2.12. The van der Waals surface area contributed by atoms with Gasteiger partial charge in [-0.2, -0.15) is 0 Å². The van der Waals surface area contributed by atoms with Gasteiger partial charge in [-0.1, -0.05) is 0 Å². The maximum atomic E-state index is 10.5. The molecule has 0 rings (SSSR count). The minimum atomic E-state index is -0.370. The van der Waals surface area contributed by atoms with Gasteiger partial charge < -0.3 is 4.74 Å². The fraction of sp³-hybridized carbons (Fsp3) is 0.833. The zero-order chi connectivity index (χ0) is 7.28. The van der Waals surface area contributed by atoms with E-state index in [0.717, 1.165) is 0 Å². The van der Waals surface area contributed by atoms with Crippen LogP contribution in [0.25, 0.3) is 0 Å². The minimum absolute atomic E-state index is 0.00807. The summed E-state index contributed by atoms with van der Waals surface area (Å²) < 4.78 is 4.73. The lowest BCUT2D eigenvalue weighted by Gasteiger charge is -2.01. The molecular formula is C6H11ClO2. The Bertz CT molecular complexity index is 93.1. The Morgan fingerprint density at radius 2 is 2.33 bits per heavy atom. The number of carbonyl (C=O) groups is 1. The number of methoxy groups -OCH3 is 1. The molecule has 3 heteroatoms. The van der Waals surface area contributed by atoms with E-state index in [0.29, 0.717) is 13.0 Å². The number of halogens is 1. The lowest BCUT2D eigenvalue weighted by molar-refractivity contribution is -0.116. The van der Waals surface area contributed by atoms with E-state index in [9.17, 15) is 4.79 Å². The van der Waals surface area contributed by atoms with Crippen LogP contribution in [0, 0.1) is 0 Å². The molecule has 0 spiro atoms. The van der Waals surface area contributed by atoms with E-state index in [1.165, 1.54) is 6.92 Å². The molecule has 0 aromatic carbocycles. The first-order valence-electron chi connectivity index (χ1n) is 2.82. The Labute approximate surface area is 60.1 Å². The molecule has 0 saturated carbocycles. The van der Waals surface area contributed by atoms with Crippen LogP contribution < -0.4 is 0 Å². The van der Waals surface area contributed by atoms with Crippen molar-refractivity contribution in [3.63, 3.8) is 0 Å². The maximum absolute atomic E-state index is 10.5. The van der Waals surface area contributed by atoms with E-state index in [-0.39, 0.29) is 11.2 Å². The number of Topliss-reactive ketones (excluding diaryl/α,β-unsaturated/α-hetero) is 1. The van der Waals surface area contributed by atoms with Gasteiger partial charge in [0.15, 0.2) is 0 Å². The predicted molar refractivity (Wildman–Crippen MR) is 36.8 cm³/mol. The minimum Gasteiger partial charge on any atom is -0.385 e. The van der Waals surface area contributed by atoms with Crippen LogP contribution >= 0.6 is 11.6 Å². The molecule has 0 radical (unpaired) electrons. The molecule has 9 heavy (non-hydrogen) atoms. The van der Waals surface area contributed by atoms with Crippen molar-refractivity contribution < 1.29 is 9.53 Å². The van der Waals surface area contributed by atoms with Crippen molar-refractivity contribution in [3.05, 3.63) is 0 Å². The van der Waals surface area contributed by atoms with Gasteiger partial charge in [0.05, 0.1) is 5.38 Å². The van der Waals surface area contributed by atoms with E-state index < -0.39 is 0 Å². The number of rotatable bonds is 4. The van der Waals surface area contributed by atoms with E-state index in [1.807, 2.05) is 0 Å². The van der Waals surface area contributed by atoms with Crippen molar-refractivity contribution in [2.24, 2.45) is 0 Å². The Balaban J connectivity index is 3.27. The van der Waals surface area contributed by atoms with Crippen molar-refractivity contribution in [2.45, 2.75) is 18.7 Å². The van der Waals surface area contributed by atoms with E-state index >= 15 is 0 Å². The van der Waals surface area contributed by atoms with Crippen LogP contribution in [0.3, 0.4) is 0 Å². The van der Waals surface area contributed by atoms with Crippen LogP contribution in [-0.4, -0.2) is 24.9 Å². The van der Waals surface area contributed by atoms with Gasteiger partial charge in [0.25, 0.3) is 0 Å². The summed E-state index contributed by atoms with van der Waals surface area (Å²) in [4.78, 5) is 10.5. The smallest absolute Gasteiger partial charge is 0.147 e. The van der Waals surface area contributed by atoms with Crippen molar-refractivity contribution >= 4 is 17.4 Å². The highest BCUT2D eigenvalue weighted by Crippen LogP contribution is 2.02. The highest BCUT2D eigenvalue weighted by molar-refractivity contribution is 6.30. The Hall–Kier alpha value is -0.0800. The van der Waals surface area contributed by atoms with Crippen molar-refractivity contribution in [2.75, 3.05) is 13.7 Å². The van der Waals surface area contributed by atoms with Gasteiger partial charge in [-0.15, -0.1) is 11.6 Å². The molecule has 0 heterocycles. The van der Waals surface area contributed by atoms with Crippen LogP contribution in [0.2, 0.25) is 0 Å². The lowest BCUT2D eigenvalue weighted by atomic mass is 10.2. The number of hydrogen-bond acceptors (Lipinski definition) is 2. The fourth-order valence-corrected chi connectivity index (χ4v) is 0.514. The molecule has 0 saturated heterocycles. The summed E-state index contributed by atoms with van der Waals surface area (Å²) in [5.74, 6) is 0.00807. The Morgan fingerprint density at radius 3 is 2.67 bits per heavy atom. The van der Waals surface area contributed by atoms with Gasteiger partial charge in [-0.25, -0.2) is 0 Å². The number of carbonyl (C=O) groups excluding carboxylic acids is 1. The molecule has 0 aromatic heterocycles. The zero-order valence-corrected chi connectivity index (χ0v) is 6.44. The molecule has 0 N–H and O–H groups in total. The molecule has 1 atom stereocenters. The topological polar surface area (TPSA) is 26.3 Å². The second-order valence-electron chi connectivity index (χ2n) is 1.86. The first-order valence-corrected chi connectivity index (χ1v) is 3.25. The molecular weight excluding hydrogens is 140 g/mol. The fourth-order valence-electron chi connectivity index (χ4n) is 0.425. The average molecular weight is 151 g/mol. The van der Waals surface area contributed by atoms with E-state index in [2.05, 4.69) is 0 Å². The van der Waals surface area contributed by atoms with Gasteiger partial charge in [0.2, 0.25) is 0 Å². The summed E-state index contributed by atoms with van der Waals surface area (Å²) in [5, 5.41) is -0.370. The van der Waals surface area contributed by atoms with Crippen molar-refractivity contribution in [1.29, 1.82) is 0 Å². The second-order valence-corrected chi connectivity index (χ2v) is 2.39. The summed E-state index contributed by atoms with van der Waals surface area (Å²) in [6.45, 7) is 2.03. The third-order valence-electron chi connectivity index (χ3n) is 1.02. The monoisotopic (exact) mass is 150 g/mol. The summed E-state index contributed by atoms with van der Waals surface area (Å²) in [5.41, 5.74) is 0. The SMILES string of the molecule is COCCC(Cl)C(C)=O. The molecule has 0 aliphatic heterocycles. The zero-order valence-electron chi connectivity index (χ0n) is 5.69. The van der Waals surface area contributed by atoms with Gasteiger partial charge in [-0.05, 0) is 13.3 Å². The quantitative estimate of drug-likeness (QED) is 0.564. The standard InChI is InChI=1S/C6H11ClO2/c1-5(8)6(7)3-4-9-2/h6H,3-4H2,1-2H3. The molecule has 54 valence electrons. The second kappa shape index (κ2) is 4.77. The van der Waals surface area contributed by atoms with Gasteiger partial charge in [0.1, 0.15) is 5.78 Å². The van der Waals surface area contributed by atoms with Crippen LogP contribution in [-0.2, 0) is 9.53 Å². The Morgan fingerprint density at radius 1 is 1.78 bits per heavy atom. The number of ether oxygens (including phenoxy) is 1. The third-order valence-corrected chi connectivity index (χ3v) is 1.54. The normalized spacial score (nSPS) is 13.2. The van der Waals surface area contributed by atoms with Gasteiger partial charge in [-0.3, -0.25) is 4.79 Å². The summed E-state index contributed by atoms with van der Waals surface area (Å²) in [6.07, 6.45) is 0.605. The van der Waals surface area contributed by atoms with E-state index in [1.54, 1.807) is 7.11 Å². The molecule has 0 aromatic rings. The summed E-state index contributed by atoms with van der Waals surface area (Å²) >= 11 is 5.56.